The molecule has 5 nitrogen and oxygen atoms in total. The smallest absolute Gasteiger partial charge is 0.358 e. The lowest BCUT2D eigenvalue weighted by Gasteiger charge is -2.06. The Bertz CT molecular complexity index is 954. The third kappa shape index (κ3) is 4.98. The van der Waals surface area contributed by atoms with Gasteiger partial charge in [0.15, 0.2) is 12.3 Å². The number of carbonyl (C=O) groups excluding carboxylic acids is 2. The molecule has 0 fully saturated rings. The van der Waals surface area contributed by atoms with Gasteiger partial charge in [-0.05, 0) is 13.0 Å². The average molecular weight is 384 g/mol. The summed E-state index contributed by atoms with van der Waals surface area (Å²) in [5.74, 6) is -1.59. The molecule has 0 aliphatic carbocycles. The van der Waals surface area contributed by atoms with Crippen LogP contribution in [0.1, 0.15) is 21.6 Å². The fourth-order valence-corrected chi connectivity index (χ4v) is 3.08. The van der Waals surface area contributed by atoms with E-state index in [4.69, 9.17) is 4.74 Å². The second-order valence-electron chi connectivity index (χ2n) is 5.85. The highest BCUT2D eigenvalue weighted by molar-refractivity contribution is 7.13. The van der Waals surface area contributed by atoms with Crippen LogP contribution >= 0.6 is 11.3 Å². The van der Waals surface area contributed by atoms with E-state index in [2.05, 4.69) is 10.3 Å². The average Bonchev–Trinajstić information content (AvgIpc) is 3.16. The maximum absolute atomic E-state index is 13.5. The van der Waals surface area contributed by atoms with Crippen molar-refractivity contribution in [3.05, 3.63) is 76.5 Å². The first-order chi connectivity index (χ1) is 13.0. The SMILES string of the molecule is Cc1ccc(-c2nc(C(=O)OCC(=O)NCc3ccccc3F)cs2)cc1. The van der Waals surface area contributed by atoms with Crippen molar-refractivity contribution in [2.75, 3.05) is 6.61 Å². The van der Waals surface area contributed by atoms with Crippen molar-refractivity contribution in [3.63, 3.8) is 0 Å². The van der Waals surface area contributed by atoms with Gasteiger partial charge in [-0.1, -0.05) is 48.0 Å². The van der Waals surface area contributed by atoms with Gasteiger partial charge in [0.1, 0.15) is 10.8 Å². The molecule has 1 N–H and O–H groups in total. The van der Waals surface area contributed by atoms with Gasteiger partial charge in [0.2, 0.25) is 0 Å². The molecular weight excluding hydrogens is 367 g/mol. The number of benzene rings is 2. The van der Waals surface area contributed by atoms with Crippen molar-refractivity contribution in [2.45, 2.75) is 13.5 Å². The van der Waals surface area contributed by atoms with Crippen molar-refractivity contribution in [1.82, 2.24) is 10.3 Å². The molecule has 1 heterocycles. The zero-order valence-electron chi connectivity index (χ0n) is 14.6. The lowest BCUT2D eigenvalue weighted by atomic mass is 10.2. The van der Waals surface area contributed by atoms with Crippen LogP contribution in [0, 0.1) is 12.7 Å². The summed E-state index contributed by atoms with van der Waals surface area (Å²) in [6.07, 6.45) is 0. The zero-order chi connectivity index (χ0) is 19.2. The van der Waals surface area contributed by atoms with Gasteiger partial charge in [0.05, 0.1) is 0 Å². The lowest BCUT2D eigenvalue weighted by molar-refractivity contribution is -0.124. The van der Waals surface area contributed by atoms with Crippen LogP contribution in [0.3, 0.4) is 0 Å². The Balaban J connectivity index is 1.51. The van der Waals surface area contributed by atoms with E-state index in [0.717, 1.165) is 11.1 Å². The van der Waals surface area contributed by atoms with E-state index >= 15 is 0 Å². The molecule has 0 unspecified atom stereocenters. The molecule has 0 spiro atoms. The van der Waals surface area contributed by atoms with E-state index in [0.29, 0.717) is 10.6 Å². The molecule has 0 aliphatic heterocycles. The molecule has 138 valence electrons. The minimum Gasteiger partial charge on any atom is -0.451 e. The quantitative estimate of drug-likeness (QED) is 0.658. The monoisotopic (exact) mass is 384 g/mol. The summed E-state index contributed by atoms with van der Waals surface area (Å²) in [4.78, 5) is 28.1. The highest BCUT2D eigenvalue weighted by Gasteiger charge is 2.15. The van der Waals surface area contributed by atoms with Crippen LogP contribution in [0.2, 0.25) is 0 Å². The molecule has 0 radical (unpaired) electrons. The molecule has 3 rings (SSSR count). The van der Waals surface area contributed by atoms with Gasteiger partial charge in [-0.15, -0.1) is 11.3 Å². The van der Waals surface area contributed by atoms with Gasteiger partial charge in [0.25, 0.3) is 5.91 Å². The van der Waals surface area contributed by atoms with Gasteiger partial charge in [0, 0.05) is 23.1 Å². The first-order valence-electron chi connectivity index (χ1n) is 8.23. The summed E-state index contributed by atoms with van der Waals surface area (Å²) in [7, 11) is 0. The molecule has 0 atom stereocenters. The molecular formula is C20H17FN2O3S. The van der Waals surface area contributed by atoms with Gasteiger partial charge in [-0.2, -0.15) is 0 Å². The molecule has 2 aromatic carbocycles. The van der Waals surface area contributed by atoms with E-state index in [1.807, 2.05) is 31.2 Å². The van der Waals surface area contributed by atoms with Gasteiger partial charge in [-0.25, -0.2) is 14.2 Å². The number of hydrogen-bond donors (Lipinski definition) is 1. The van der Waals surface area contributed by atoms with Crippen LogP contribution in [0.25, 0.3) is 10.6 Å². The topological polar surface area (TPSA) is 68.3 Å². The first kappa shape index (κ1) is 18.7. The summed E-state index contributed by atoms with van der Waals surface area (Å²) < 4.78 is 18.5. The maximum Gasteiger partial charge on any atom is 0.358 e. The summed E-state index contributed by atoms with van der Waals surface area (Å²) in [5, 5.41) is 4.80. The van der Waals surface area contributed by atoms with Gasteiger partial charge >= 0.3 is 5.97 Å². The van der Waals surface area contributed by atoms with Crippen molar-refractivity contribution >= 4 is 23.2 Å². The summed E-state index contributed by atoms with van der Waals surface area (Å²) in [6, 6.07) is 13.9. The van der Waals surface area contributed by atoms with Crippen molar-refractivity contribution < 1.29 is 18.7 Å². The Hall–Kier alpha value is -3.06. The van der Waals surface area contributed by atoms with Crippen LogP contribution in [0.5, 0.6) is 0 Å². The number of aryl methyl sites for hydroxylation is 1. The van der Waals surface area contributed by atoms with Crippen LogP contribution in [0.4, 0.5) is 4.39 Å². The van der Waals surface area contributed by atoms with E-state index < -0.39 is 24.3 Å². The van der Waals surface area contributed by atoms with E-state index in [1.165, 1.54) is 17.4 Å². The number of nitrogens with one attached hydrogen (secondary N) is 1. The molecule has 1 aromatic heterocycles. The Morgan fingerprint density at radius 3 is 2.63 bits per heavy atom. The second-order valence-corrected chi connectivity index (χ2v) is 6.71. The number of esters is 1. The molecule has 0 saturated heterocycles. The first-order valence-corrected chi connectivity index (χ1v) is 9.10. The largest absolute Gasteiger partial charge is 0.451 e. The van der Waals surface area contributed by atoms with Crippen LogP contribution in [0.15, 0.2) is 53.9 Å². The number of rotatable bonds is 6. The standard InChI is InChI=1S/C20H17FN2O3S/c1-13-6-8-14(9-7-13)19-23-17(12-27-19)20(25)26-11-18(24)22-10-15-4-2-3-5-16(15)21/h2-9,12H,10-11H2,1H3,(H,22,24). The number of halogens is 1. The van der Waals surface area contributed by atoms with Crippen LogP contribution < -0.4 is 5.32 Å². The fraction of sp³-hybridized carbons (Fsp3) is 0.150. The summed E-state index contributed by atoms with van der Waals surface area (Å²) >= 11 is 1.33. The van der Waals surface area contributed by atoms with Crippen LogP contribution in [-0.2, 0) is 16.1 Å². The minimum absolute atomic E-state index is 0.0251. The molecule has 0 saturated carbocycles. The maximum atomic E-state index is 13.5. The fourth-order valence-electron chi connectivity index (χ4n) is 2.29. The molecule has 3 aromatic rings. The van der Waals surface area contributed by atoms with E-state index in [1.54, 1.807) is 23.6 Å². The Kier molecular flexibility index (Phi) is 5.93. The van der Waals surface area contributed by atoms with E-state index in [9.17, 15) is 14.0 Å². The number of nitrogens with zero attached hydrogens (tertiary/aromatic N) is 1. The van der Waals surface area contributed by atoms with E-state index in [-0.39, 0.29) is 12.2 Å². The van der Waals surface area contributed by atoms with Crippen molar-refractivity contribution in [2.24, 2.45) is 0 Å². The number of amides is 1. The normalized spacial score (nSPS) is 10.4. The number of ether oxygens (including phenoxy) is 1. The zero-order valence-corrected chi connectivity index (χ0v) is 15.4. The molecule has 27 heavy (non-hydrogen) atoms. The number of hydrogen-bond acceptors (Lipinski definition) is 5. The second kappa shape index (κ2) is 8.55. The highest BCUT2D eigenvalue weighted by Crippen LogP contribution is 2.24. The third-order valence-corrected chi connectivity index (χ3v) is 4.67. The third-order valence-electron chi connectivity index (χ3n) is 3.78. The molecule has 7 heteroatoms. The van der Waals surface area contributed by atoms with Crippen molar-refractivity contribution in [3.8, 4) is 10.6 Å². The van der Waals surface area contributed by atoms with Gasteiger partial charge in [-0.3, -0.25) is 4.79 Å². The minimum atomic E-state index is -0.675. The lowest BCUT2D eigenvalue weighted by Crippen LogP contribution is -2.28. The summed E-state index contributed by atoms with van der Waals surface area (Å²) in [6.45, 7) is 1.56. The molecule has 0 bridgehead atoms. The Morgan fingerprint density at radius 2 is 1.89 bits per heavy atom. The number of aromatic nitrogens is 1. The summed E-state index contributed by atoms with van der Waals surface area (Å²) in [5.41, 5.74) is 2.56. The number of carbonyl (C=O) groups is 2. The molecule has 0 aliphatic rings. The highest BCUT2D eigenvalue weighted by atomic mass is 32.1. The molecule has 1 amide bonds. The van der Waals surface area contributed by atoms with Crippen molar-refractivity contribution in [1.29, 1.82) is 0 Å². The Morgan fingerprint density at radius 1 is 1.15 bits per heavy atom. The predicted molar refractivity (Wildman–Crippen MR) is 101 cm³/mol. The Labute approximate surface area is 159 Å². The number of thiazole rings is 1. The predicted octanol–water partition coefficient (Wildman–Crippen LogP) is 3.73. The van der Waals surface area contributed by atoms with Gasteiger partial charge < -0.3 is 10.1 Å². The van der Waals surface area contributed by atoms with Crippen LogP contribution in [-0.4, -0.2) is 23.5 Å².